The maximum atomic E-state index is 14.5. The maximum Gasteiger partial charge on any atom is 0.312 e. The molecule has 1 spiro atoms. The van der Waals surface area contributed by atoms with E-state index in [4.69, 9.17) is 9.47 Å². The molecule has 3 aliphatic heterocycles. The minimum Gasteiger partial charge on any atom is -0.465 e. The molecule has 2 unspecified atom stereocenters. The van der Waals surface area contributed by atoms with E-state index >= 15 is 0 Å². The molecule has 9 nitrogen and oxygen atoms in total. The molecule has 0 saturated carbocycles. The van der Waals surface area contributed by atoms with Crippen molar-refractivity contribution in [2.24, 2.45) is 11.8 Å². The number of allylic oxidation sites excluding steroid dienone is 1. The number of carbonyl (C=O) groups excluding carboxylic acids is 3. The first-order valence-corrected chi connectivity index (χ1v) is 15.0. The van der Waals surface area contributed by atoms with Gasteiger partial charge in [-0.15, -0.1) is 13.2 Å². The molecule has 41 heavy (non-hydrogen) atoms. The molecule has 2 amide bonds. The van der Waals surface area contributed by atoms with E-state index in [1.54, 1.807) is 22.0 Å². The van der Waals surface area contributed by atoms with Crippen molar-refractivity contribution >= 4 is 29.2 Å². The molecule has 9 heteroatoms. The van der Waals surface area contributed by atoms with Crippen LogP contribution in [0.2, 0.25) is 0 Å². The molecule has 0 aromatic heterocycles. The number of carbonyl (C=O) groups is 3. The highest BCUT2D eigenvalue weighted by molar-refractivity contribution is 6.04. The van der Waals surface area contributed by atoms with Crippen LogP contribution < -0.4 is 9.80 Å². The van der Waals surface area contributed by atoms with Gasteiger partial charge in [-0.3, -0.25) is 14.4 Å². The summed E-state index contributed by atoms with van der Waals surface area (Å²) in [6, 6.07) is 6.97. The average molecular weight is 568 g/mol. The van der Waals surface area contributed by atoms with Crippen molar-refractivity contribution in [3.05, 3.63) is 49.6 Å². The molecular formula is C32H45N3O6. The quantitative estimate of drug-likeness (QED) is 0.185. The lowest BCUT2D eigenvalue weighted by Gasteiger charge is -2.37. The zero-order chi connectivity index (χ0) is 29.6. The third-order valence-electron chi connectivity index (χ3n) is 8.78. The number of anilines is 2. The van der Waals surface area contributed by atoms with E-state index < -0.39 is 35.6 Å². The van der Waals surface area contributed by atoms with Gasteiger partial charge in [0.25, 0.3) is 5.91 Å². The first kappa shape index (κ1) is 30.8. The summed E-state index contributed by atoms with van der Waals surface area (Å²) < 4.78 is 12.1. The number of aliphatic hydroxyl groups is 1. The molecule has 3 saturated heterocycles. The van der Waals surface area contributed by atoms with Gasteiger partial charge in [0.2, 0.25) is 5.91 Å². The highest BCUT2D eigenvalue weighted by atomic mass is 16.6. The van der Waals surface area contributed by atoms with Gasteiger partial charge in [-0.2, -0.15) is 0 Å². The second-order valence-electron chi connectivity index (χ2n) is 11.0. The highest BCUT2D eigenvalue weighted by Crippen LogP contribution is 2.59. The van der Waals surface area contributed by atoms with Crippen LogP contribution in [0.15, 0.2) is 49.6 Å². The summed E-state index contributed by atoms with van der Waals surface area (Å²) in [4.78, 5) is 47.3. The number of likely N-dealkylation sites (tertiary alicyclic amines) is 1. The first-order valence-electron chi connectivity index (χ1n) is 15.0. The predicted molar refractivity (Wildman–Crippen MR) is 159 cm³/mol. The Balaban J connectivity index is 1.66. The summed E-state index contributed by atoms with van der Waals surface area (Å²) in [6.45, 7) is 14.3. The molecule has 1 aromatic rings. The van der Waals surface area contributed by atoms with Gasteiger partial charge in [-0.25, -0.2) is 0 Å². The van der Waals surface area contributed by atoms with Crippen LogP contribution in [0, 0.1) is 11.8 Å². The monoisotopic (exact) mass is 567 g/mol. The molecule has 3 fully saturated rings. The lowest BCUT2D eigenvalue weighted by atomic mass is 9.70. The van der Waals surface area contributed by atoms with Crippen LogP contribution in [0.1, 0.15) is 52.4 Å². The molecule has 1 N–H and O–H groups in total. The van der Waals surface area contributed by atoms with Gasteiger partial charge in [0.15, 0.2) is 0 Å². The van der Waals surface area contributed by atoms with E-state index in [2.05, 4.69) is 31.9 Å². The fourth-order valence-electron chi connectivity index (χ4n) is 6.86. The number of aliphatic hydroxyl groups excluding tert-OH is 1. The predicted octanol–water partition coefficient (Wildman–Crippen LogP) is 3.71. The number of nitrogens with zero attached hydrogens (tertiary/aromatic N) is 3. The fraction of sp³-hybridized carbons (Fsp3) is 0.594. The van der Waals surface area contributed by atoms with Gasteiger partial charge in [-0.1, -0.05) is 12.2 Å². The minimum atomic E-state index is -1.09. The van der Waals surface area contributed by atoms with Crippen molar-refractivity contribution in [2.75, 3.05) is 49.2 Å². The molecule has 2 bridgehead atoms. The van der Waals surface area contributed by atoms with Crippen LogP contribution in [0.3, 0.4) is 0 Å². The van der Waals surface area contributed by atoms with E-state index in [-0.39, 0.29) is 31.6 Å². The smallest absolute Gasteiger partial charge is 0.312 e. The lowest BCUT2D eigenvalue weighted by Crippen LogP contribution is -2.56. The zero-order valence-electron chi connectivity index (χ0n) is 24.5. The third kappa shape index (κ3) is 5.79. The Bertz CT molecular complexity index is 1100. The van der Waals surface area contributed by atoms with Crippen molar-refractivity contribution in [1.29, 1.82) is 0 Å². The van der Waals surface area contributed by atoms with Crippen LogP contribution in [0.4, 0.5) is 11.4 Å². The second-order valence-corrected chi connectivity index (χ2v) is 11.0. The third-order valence-corrected chi connectivity index (χ3v) is 8.78. The average Bonchev–Trinajstić information content (AvgIpc) is 3.62. The number of amides is 2. The standard InChI is InChI=1S/C32H45N3O6/c1-5-9-12-22-40-31(39)26-25-17-18-32(41-25)27(26)29(37)35(20-10-11-21-36)28(32)30(38)34(19-6-2)24-15-13-23(14-16-24)33(7-3)8-4/h5-6,13-16,25-28,36H,1-2,7-12,17-22H2,3-4H3/t25-,26+,27+,28?,32?/m1/s1. The van der Waals surface area contributed by atoms with Gasteiger partial charge in [0.05, 0.1) is 24.5 Å². The number of esters is 1. The van der Waals surface area contributed by atoms with Gasteiger partial charge in [0.1, 0.15) is 11.6 Å². The first-order chi connectivity index (χ1) is 19.9. The largest absolute Gasteiger partial charge is 0.465 e. The topological polar surface area (TPSA) is 99.6 Å². The molecule has 224 valence electrons. The lowest BCUT2D eigenvalue weighted by molar-refractivity contribution is -0.155. The Labute approximate surface area is 243 Å². The molecule has 0 radical (unpaired) electrons. The highest BCUT2D eigenvalue weighted by Gasteiger charge is 2.75. The molecule has 3 heterocycles. The van der Waals surface area contributed by atoms with Gasteiger partial charge < -0.3 is 29.3 Å². The van der Waals surface area contributed by atoms with Crippen LogP contribution >= 0.6 is 0 Å². The van der Waals surface area contributed by atoms with Gasteiger partial charge >= 0.3 is 5.97 Å². The molecule has 3 aliphatic rings. The second kappa shape index (κ2) is 13.7. The Morgan fingerprint density at radius 3 is 2.46 bits per heavy atom. The van der Waals surface area contributed by atoms with Crippen molar-refractivity contribution in [3.8, 4) is 0 Å². The van der Waals surface area contributed by atoms with E-state index in [1.165, 1.54) is 0 Å². The van der Waals surface area contributed by atoms with Crippen LogP contribution in [0.5, 0.6) is 0 Å². The number of hydrogen-bond acceptors (Lipinski definition) is 7. The summed E-state index contributed by atoms with van der Waals surface area (Å²) in [6.07, 6.45) is 6.54. The molecule has 0 aliphatic carbocycles. The Morgan fingerprint density at radius 1 is 1.12 bits per heavy atom. The van der Waals surface area contributed by atoms with Crippen LogP contribution in [-0.4, -0.2) is 84.9 Å². The number of hydrogen-bond donors (Lipinski definition) is 1. The van der Waals surface area contributed by atoms with E-state index in [1.807, 2.05) is 24.3 Å². The van der Waals surface area contributed by atoms with Gasteiger partial charge in [-0.05, 0) is 76.6 Å². The van der Waals surface area contributed by atoms with Gasteiger partial charge in [0, 0.05) is 44.2 Å². The van der Waals surface area contributed by atoms with E-state index in [9.17, 15) is 19.5 Å². The van der Waals surface area contributed by atoms with Crippen LogP contribution in [0.25, 0.3) is 0 Å². The normalized spacial score (nSPS) is 26.1. The van der Waals surface area contributed by atoms with Crippen LogP contribution in [-0.2, 0) is 23.9 Å². The summed E-state index contributed by atoms with van der Waals surface area (Å²) in [5, 5.41) is 9.40. The minimum absolute atomic E-state index is 0.00504. The van der Waals surface area contributed by atoms with Crippen molar-refractivity contribution in [1.82, 2.24) is 4.90 Å². The van der Waals surface area contributed by atoms with E-state index in [0.717, 1.165) is 25.2 Å². The number of fused-ring (bicyclic) bond motifs is 1. The Hall–Kier alpha value is -3.17. The summed E-state index contributed by atoms with van der Waals surface area (Å²) in [5.41, 5.74) is 0.681. The zero-order valence-corrected chi connectivity index (χ0v) is 24.5. The van der Waals surface area contributed by atoms with Crippen molar-refractivity contribution < 1.29 is 29.0 Å². The molecule has 1 aromatic carbocycles. The van der Waals surface area contributed by atoms with E-state index in [0.29, 0.717) is 44.3 Å². The molecule has 4 rings (SSSR count). The fourth-order valence-corrected chi connectivity index (χ4v) is 6.86. The number of ether oxygens (including phenoxy) is 2. The summed E-state index contributed by atoms with van der Waals surface area (Å²) >= 11 is 0. The summed E-state index contributed by atoms with van der Waals surface area (Å²) in [7, 11) is 0. The SMILES string of the molecule is C=CCCCOC(=O)[C@@H]1[C@H]2C(=O)N(CCCCO)C(C(=O)N(CC=C)c3ccc(N(CC)CC)cc3)C23CC[C@H]1O3. The Morgan fingerprint density at radius 2 is 1.83 bits per heavy atom. The van der Waals surface area contributed by atoms with Crippen molar-refractivity contribution in [3.63, 3.8) is 0 Å². The number of benzene rings is 1. The Kier molecular flexibility index (Phi) is 10.3. The molecule has 5 atom stereocenters. The van der Waals surface area contributed by atoms with Crippen molar-refractivity contribution in [2.45, 2.75) is 70.1 Å². The molecular weight excluding hydrogens is 522 g/mol. The maximum absolute atomic E-state index is 14.5. The number of rotatable bonds is 16. The number of unbranched alkanes of at least 4 members (excludes halogenated alkanes) is 2. The summed E-state index contributed by atoms with van der Waals surface area (Å²) in [5.74, 6) is -2.43.